The van der Waals surface area contributed by atoms with Gasteiger partial charge in [0.25, 0.3) is 0 Å². The van der Waals surface area contributed by atoms with Crippen LogP contribution < -0.4 is 10.6 Å². The third-order valence-electron chi connectivity index (χ3n) is 2.72. The lowest BCUT2D eigenvalue weighted by molar-refractivity contribution is 0.755. The second kappa shape index (κ2) is 6.63. The monoisotopic (exact) mass is 258 g/mol. The van der Waals surface area contributed by atoms with Crippen molar-refractivity contribution in [1.82, 2.24) is 20.2 Å². The molecule has 100 valence electrons. The number of hydrogen-bond donors (Lipinski definition) is 2. The summed E-state index contributed by atoms with van der Waals surface area (Å²) < 4.78 is 0. The number of pyridine rings is 1. The molecule has 1 atom stereocenters. The molecule has 0 amide bonds. The molecule has 0 aliphatic heterocycles. The van der Waals surface area contributed by atoms with Crippen LogP contribution in [-0.2, 0) is 6.54 Å². The van der Waals surface area contributed by atoms with E-state index in [0.717, 1.165) is 17.9 Å². The van der Waals surface area contributed by atoms with Crippen LogP contribution in [0.15, 0.2) is 30.6 Å². The van der Waals surface area contributed by atoms with E-state index in [1.807, 2.05) is 18.2 Å². The summed E-state index contributed by atoms with van der Waals surface area (Å²) in [4.78, 5) is 8.58. The van der Waals surface area contributed by atoms with Crippen molar-refractivity contribution < 1.29 is 0 Å². The molecule has 0 saturated heterocycles. The van der Waals surface area contributed by atoms with E-state index < -0.39 is 0 Å². The van der Waals surface area contributed by atoms with Gasteiger partial charge in [-0.05, 0) is 25.5 Å². The Labute approximate surface area is 112 Å². The average Bonchev–Trinajstić information content (AvgIpc) is 2.46. The lowest BCUT2D eigenvalue weighted by Gasteiger charge is -2.12. The second-order valence-electron chi connectivity index (χ2n) is 4.29. The summed E-state index contributed by atoms with van der Waals surface area (Å²) in [6.45, 7) is 4.80. The third-order valence-corrected chi connectivity index (χ3v) is 2.72. The van der Waals surface area contributed by atoms with Crippen molar-refractivity contribution in [3.63, 3.8) is 0 Å². The van der Waals surface area contributed by atoms with Gasteiger partial charge in [-0.3, -0.25) is 4.98 Å². The Balaban J connectivity index is 1.95. The number of aromatic nitrogens is 4. The van der Waals surface area contributed by atoms with Gasteiger partial charge in [-0.25, -0.2) is 0 Å². The smallest absolute Gasteiger partial charge is 0.245 e. The molecule has 0 aliphatic rings. The number of rotatable bonds is 6. The molecule has 2 aromatic heterocycles. The maximum absolute atomic E-state index is 4.35. The zero-order chi connectivity index (χ0) is 13.5. The molecule has 2 rings (SSSR count). The van der Waals surface area contributed by atoms with Crippen molar-refractivity contribution in [2.24, 2.45) is 0 Å². The highest BCUT2D eigenvalue weighted by atomic mass is 15.3. The summed E-state index contributed by atoms with van der Waals surface area (Å²) in [5.74, 6) is 1.23. The topological polar surface area (TPSA) is 75.6 Å². The van der Waals surface area contributed by atoms with Crippen molar-refractivity contribution in [1.29, 1.82) is 0 Å². The van der Waals surface area contributed by atoms with E-state index in [9.17, 15) is 0 Å². The first-order valence-electron chi connectivity index (χ1n) is 6.38. The molecule has 2 heterocycles. The standard InChI is InChI=1S/C13H18N6/c1-3-10(2)17-12-9-16-19-13(18-12)15-8-11-6-4-5-7-14-11/h4-7,9-10H,3,8H2,1-2H3,(H2,15,17,18,19). The molecule has 0 radical (unpaired) electrons. The summed E-state index contributed by atoms with van der Waals surface area (Å²) in [5.41, 5.74) is 0.936. The van der Waals surface area contributed by atoms with Crippen LogP contribution >= 0.6 is 0 Å². The molecule has 6 nitrogen and oxygen atoms in total. The predicted molar refractivity (Wildman–Crippen MR) is 74.8 cm³/mol. The summed E-state index contributed by atoms with van der Waals surface area (Å²) >= 11 is 0. The van der Waals surface area contributed by atoms with E-state index in [0.29, 0.717) is 18.5 Å². The van der Waals surface area contributed by atoms with Crippen LogP contribution in [0.4, 0.5) is 11.8 Å². The first-order chi connectivity index (χ1) is 9.28. The molecule has 0 fully saturated rings. The largest absolute Gasteiger partial charge is 0.366 e. The Morgan fingerprint density at radius 2 is 2.21 bits per heavy atom. The first-order valence-corrected chi connectivity index (χ1v) is 6.38. The molecule has 2 N–H and O–H groups in total. The molecule has 0 saturated carbocycles. The summed E-state index contributed by atoms with van der Waals surface area (Å²) in [6, 6.07) is 6.14. The van der Waals surface area contributed by atoms with Gasteiger partial charge in [-0.15, -0.1) is 5.10 Å². The molecule has 0 bridgehead atoms. The van der Waals surface area contributed by atoms with Crippen molar-refractivity contribution in [2.75, 3.05) is 10.6 Å². The Kier molecular flexibility index (Phi) is 4.60. The Morgan fingerprint density at radius 3 is 2.95 bits per heavy atom. The highest BCUT2D eigenvalue weighted by Gasteiger charge is 2.03. The van der Waals surface area contributed by atoms with Crippen molar-refractivity contribution in [3.8, 4) is 0 Å². The number of nitrogens with one attached hydrogen (secondary N) is 2. The molecule has 0 aromatic carbocycles. The van der Waals surface area contributed by atoms with Gasteiger partial charge in [-0.1, -0.05) is 13.0 Å². The molecule has 0 aliphatic carbocycles. The van der Waals surface area contributed by atoms with Gasteiger partial charge in [0.2, 0.25) is 5.95 Å². The normalized spacial score (nSPS) is 11.9. The molecule has 6 heteroatoms. The Hall–Kier alpha value is -2.24. The van der Waals surface area contributed by atoms with Crippen LogP contribution in [0.5, 0.6) is 0 Å². The second-order valence-corrected chi connectivity index (χ2v) is 4.29. The van der Waals surface area contributed by atoms with E-state index in [1.54, 1.807) is 12.4 Å². The molecule has 0 spiro atoms. The lowest BCUT2D eigenvalue weighted by atomic mass is 10.3. The van der Waals surface area contributed by atoms with Gasteiger partial charge < -0.3 is 10.6 Å². The lowest BCUT2D eigenvalue weighted by Crippen LogP contribution is -2.16. The van der Waals surface area contributed by atoms with Gasteiger partial charge in [-0.2, -0.15) is 10.1 Å². The van der Waals surface area contributed by atoms with Gasteiger partial charge in [0, 0.05) is 12.2 Å². The zero-order valence-corrected chi connectivity index (χ0v) is 11.2. The van der Waals surface area contributed by atoms with E-state index >= 15 is 0 Å². The van der Waals surface area contributed by atoms with Gasteiger partial charge in [0.15, 0.2) is 5.82 Å². The minimum atomic E-state index is 0.361. The van der Waals surface area contributed by atoms with E-state index in [-0.39, 0.29) is 0 Å². The zero-order valence-electron chi connectivity index (χ0n) is 11.2. The van der Waals surface area contributed by atoms with Crippen molar-refractivity contribution in [3.05, 3.63) is 36.3 Å². The van der Waals surface area contributed by atoms with Crippen LogP contribution in [0.3, 0.4) is 0 Å². The maximum Gasteiger partial charge on any atom is 0.245 e. The number of nitrogens with zero attached hydrogens (tertiary/aromatic N) is 4. The first kappa shape index (κ1) is 13.2. The average molecular weight is 258 g/mol. The van der Waals surface area contributed by atoms with Crippen LogP contribution in [0.2, 0.25) is 0 Å². The summed E-state index contributed by atoms with van der Waals surface area (Å²) in [5, 5.41) is 14.2. The van der Waals surface area contributed by atoms with Crippen molar-refractivity contribution in [2.45, 2.75) is 32.9 Å². The van der Waals surface area contributed by atoms with Gasteiger partial charge >= 0.3 is 0 Å². The molecular formula is C13H18N6. The predicted octanol–water partition coefficient (Wildman–Crippen LogP) is 2.09. The fraction of sp³-hybridized carbons (Fsp3) is 0.385. The fourth-order valence-corrected chi connectivity index (χ4v) is 1.47. The fourth-order valence-electron chi connectivity index (χ4n) is 1.47. The van der Waals surface area contributed by atoms with E-state index in [1.165, 1.54) is 0 Å². The van der Waals surface area contributed by atoms with Crippen LogP contribution in [0, 0.1) is 0 Å². The van der Waals surface area contributed by atoms with Crippen LogP contribution in [-0.4, -0.2) is 26.2 Å². The summed E-state index contributed by atoms with van der Waals surface area (Å²) in [6.07, 6.45) is 4.41. The number of anilines is 2. The summed E-state index contributed by atoms with van der Waals surface area (Å²) in [7, 11) is 0. The van der Waals surface area contributed by atoms with E-state index in [4.69, 9.17) is 0 Å². The molecule has 1 unspecified atom stereocenters. The SMILES string of the molecule is CCC(C)Nc1cnnc(NCc2ccccn2)n1. The van der Waals surface area contributed by atoms with Gasteiger partial charge in [0.05, 0.1) is 18.4 Å². The van der Waals surface area contributed by atoms with Crippen LogP contribution in [0.25, 0.3) is 0 Å². The van der Waals surface area contributed by atoms with E-state index in [2.05, 4.69) is 44.6 Å². The Bertz CT molecular complexity index is 501. The molecular weight excluding hydrogens is 240 g/mol. The quantitative estimate of drug-likeness (QED) is 0.826. The minimum Gasteiger partial charge on any atom is -0.366 e. The van der Waals surface area contributed by atoms with Crippen LogP contribution in [0.1, 0.15) is 26.0 Å². The minimum absolute atomic E-state index is 0.361. The highest BCUT2D eigenvalue weighted by Crippen LogP contribution is 2.07. The maximum atomic E-state index is 4.35. The number of hydrogen-bond acceptors (Lipinski definition) is 6. The third kappa shape index (κ3) is 4.17. The molecule has 2 aromatic rings. The highest BCUT2D eigenvalue weighted by molar-refractivity contribution is 5.37. The van der Waals surface area contributed by atoms with Gasteiger partial charge in [0.1, 0.15) is 0 Å². The molecule has 19 heavy (non-hydrogen) atoms. The Morgan fingerprint density at radius 1 is 1.32 bits per heavy atom. The van der Waals surface area contributed by atoms with Crippen molar-refractivity contribution >= 4 is 11.8 Å².